The number of hydrogen-bond donors (Lipinski definition) is 3. The third kappa shape index (κ3) is 7.03. The van der Waals surface area contributed by atoms with Crippen LogP contribution in [0.3, 0.4) is 0 Å². The number of nitrogens with one attached hydrogen (secondary N) is 3. The van der Waals surface area contributed by atoms with Crippen molar-refractivity contribution in [2.24, 2.45) is 5.41 Å². The van der Waals surface area contributed by atoms with Crippen LogP contribution in [0, 0.1) is 17.0 Å². The predicted octanol–water partition coefficient (Wildman–Crippen LogP) is 5.35. The van der Waals surface area contributed by atoms with Crippen molar-refractivity contribution in [1.29, 1.82) is 0 Å². The van der Waals surface area contributed by atoms with Gasteiger partial charge in [-0.15, -0.1) is 0 Å². The number of piperazine rings is 1. The minimum Gasteiger partial charge on any atom is -0.493 e. The first kappa shape index (κ1) is 31.2. The Morgan fingerprint density at radius 1 is 0.891 bits per heavy atom. The molecule has 3 N–H and O–H groups in total. The van der Waals surface area contributed by atoms with Crippen LogP contribution in [0.5, 0.6) is 23.0 Å². The third-order valence-electron chi connectivity index (χ3n) is 8.20. The molecule has 12 heteroatoms. The molecule has 0 spiro atoms. The summed E-state index contributed by atoms with van der Waals surface area (Å²) in [7, 11) is 1.55. The lowest BCUT2D eigenvalue weighted by molar-refractivity contribution is -0.131. The summed E-state index contributed by atoms with van der Waals surface area (Å²) in [6.45, 7) is 5.54. The number of pyridine rings is 1. The number of methoxy groups -OCH3 is 1. The smallest absolute Gasteiger partial charge is 0.240 e. The molecule has 6 rings (SSSR count). The SMILES string of the molecule is COc1cc2c(Oc3ccc(NC(=O)C4(C(=O)Nc5ccc(F)cc5)CC4)cc3F)ccnc2cc1OCCCN1CCNCC1. The number of rotatable bonds is 12. The highest BCUT2D eigenvalue weighted by Gasteiger charge is 2.56. The van der Waals surface area contributed by atoms with Crippen LogP contribution >= 0.6 is 0 Å². The minimum atomic E-state index is -1.28. The molecule has 2 amide bonds. The monoisotopic (exact) mass is 631 g/mol. The van der Waals surface area contributed by atoms with Crippen molar-refractivity contribution in [3.63, 3.8) is 0 Å². The number of carbonyl (C=O) groups excluding carboxylic acids is 2. The fraction of sp³-hybridized carbons (Fsp3) is 0.324. The number of aromatic nitrogens is 1. The van der Waals surface area contributed by atoms with E-state index in [-0.39, 0.29) is 11.4 Å². The van der Waals surface area contributed by atoms with Crippen molar-refractivity contribution < 1.29 is 32.6 Å². The Balaban J connectivity index is 1.10. The fourth-order valence-corrected chi connectivity index (χ4v) is 5.39. The molecule has 2 fully saturated rings. The van der Waals surface area contributed by atoms with Gasteiger partial charge in [-0.25, -0.2) is 8.78 Å². The van der Waals surface area contributed by atoms with E-state index in [1.165, 1.54) is 36.4 Å². The fourth-order valence-electron chi connectivity index (χ4n) is 5.39. The highest BCUT2D eigenvalue weighted by molar-refractivity contribution is 6.16. The Kier molecular flexibility index (Phi) is 9.27. The van der Waals surface area contributed by atoms with E-state index in [9.17, 15) is 14.0 Å². The Morgan fingerprint density at radius 3 is 2.30 bits per heavy atom. The number of nitrogens with zero attached hydrogens (tertiary/aromatic N) is 2. The quantitative estimate of drug-likeness (QED) is 0.142. The molecule has 1 saturated heterocycles. The highest BCUT2D eigenvalue weighted by Crippen LogP contribution is 2.47. The summed E-state index contributed by atoms with van der Waals surface area (Å²) in [6.07, 6.45) is 3.13. The second kappa shape index (κ2) is 13.7. The lowest BCUT2D eigenvalue weighted by atomic mass is 10.0. The number of amides is 2. The number of carbonyl (C=O) groups is 2. The molecule has 1 aromatic heterocycles. The molecule has 0 unspecified atom stereocenters. The molecule has 0 radical (unpaired) electrons. The second-order valence-corrected chi connectivity index (χ2v) is 11.4. The molecule has 240 valence electrons. The zero-order valence-corrected chi connectivity index (χ0v) is 25.4. The van der Waals surface area contributed by atoms with Gasteiger partial charge in [0, 0.05) is 67.8 Å². The molecule has 2 aliphatic rings. The van der Waals surface area contributed by atoms with Crippen LogP contribution in [0.2, 0.25) is 0 Å². The third-order valence-corrected chi connectivity index (χ3v) is 8.20. The van der Waals surface area contributed by atoms with Gasteiger partial charge in [0.25, 0.3) is 0 Å². The Labute approximate surface area is 265 Å². The van der Waals surface area contributed by atoms with Crippen molar-refractivity contribution in [2.75, 3.05) is 57.1 Å². The summed E-state index contributed by atoms with van der Waals surface area (Å²) in [4.78, 5) is 32.7. The number of hydrogen-bond acceptors (Lipinski definition) is 8. The number of anilines is 2. The van der Waals surface area contributed by atoms with Gasteiger partial charge in [0.15, 0.2) is 23.1 Å². The normalized spacial score (nSPS) is 15.6. The Morgan fingerprint density at radius 2 is 1.61 bits per heavy atom. The lowest BCUT2D eigenvalue weighted by Gasteiger charge is -2.27. The van der Waals surface area contributed by atoms with Crippen LogP contribution in [-0.2, 0) is 9.59 Å². The summed E-state index contributed by atoms with van der Waals surface area (Å²) in [5.41, 5.74) is -0.128. The van der Waals surface area contributed by atoms with Crippen molar-refractivity contribution in [1.82, 2.24) is 15.2 Å². The van der Waals surface area contributed by atoms with Crippen LogP contribution in [0.15, 0.2) is 66.9 Å². The van der Waals surface area contributed by atoms with Crippen LogP contribution in [-0.4, -0.2) is 68.1 Å². The maximum atomic E-state index is 15.2. The molecule has 4 aromatic rings. The summed E-state index contributed by atoms with van der Waals surface area (Å²) in [5.74, 6) is -0.828. The van der Waals surface area contributed by atoms with Gasteiger partial charge in [0.05, 0.1) is 19.2 Å². The van der Waals surface area contributed by atoms with E-state index < -0.39 is 28.9 Å². The molecule has 1 aliphatic carbocycles. The van der Waals surface area contributed by atoms with E-state index >= 15 is 4.39 Å². The van der Waals surface area contributed by atoms with E-state index in [4.69, 9.17) is 14.2 Å². The number of fused-ring (bicyclic) bond motifs is 1. The molecule has 46 heavy (non-hydrogen) atoms. The number of benzene rings is 3. The standard InChI is InChI=1S/C34H35F2N5O5/c1-44-30-20-25-27(21-31(30)45-18-2-15-41-16-13-37-14-17-41)38-12-9-28(25)46-29-8-7-24(19-26(29)36)40-33(43)34(10-11-34)32(42)39-23-5-3-22(35)4-6-23/h3-9,12,19-21,37H,2,10-11,13-18H2,1H3,(H,39,42)(H,40,43). The zero-order chi connectivity index (χ0) is 32.1. The first-order chi connectivity index (χ1) is 22.3. The van der Waals surface area contributed by atoms with Gasteiger partial charge in [-0.3, -0.25) is 14.6 Å². The van der Waals surface area contributed by atoms with Crippen LogP contribution in [0.25, 0.3) is 10.9 Å². The van der Waals surface area contributed by atoms with Gasteiger partial charge >= 0.3 is 0 Å². The van der Waals surface area contributed by atoms with Gasteiger partial charge in [0.1, 0.15) is 17.0 Å². The topological polar surface area (TPSA) is 114 Å². The van der Waals surface area contributed by atoms with Gasteiger partial charge in [-0.05, 0) is 67.8 Å². The van der Waals surface area contributed by atoms with Gasteiger partial charge in [-0.2, -0.15) is 0 Å². The van der Waals surface area contributed by atoms with E-state index in [2.05, 4.69) is 25.8 Å². The first-order valence-corrected chi connectivity index (χ1v) is 15.2. The second-order valence-electron chi connectivity index (χ2n) is 11.4. The summed E-state index contributed by atoms with van der Waals surface area (Å²) >= 11 is 0. The van der Waals surface area contributed by atoms with Crippen LogP contribution in [0.4, 0.5) is 20.2 Å². The molecule has 0 atom stereocenters. The molecule has 1 aliphatic heterocycles. The largest absolute Gasteiger partial charge is 0.493 e. The molecule has 3 aromatic carbocycles. The summed E-state index contributed by atoms with van der Waals surface area (Å²) in [6, 6.07) is 14.5. The molecule has 10 nitrogen and oxygen atoms in total. The number of ether oxygens (including phenoxy) is 3. The molecular weight excluding hydrogens is 596 g/mol. The minimum absolute atomic E-state index is 0.0621. The maximum Gasteiger partial charge on any atom is 0.240 e. The average molecular weight is 632 g/mol. The van der Waals surface area contributed by atoms with E-state index in [1.807, 2.05) is 0 Å². The van der Waals surface area contributed by atoms with E-state index in [0.29, 0.717) is 53.3 Å². The Hall–Kier alpha value is -4.81. The van der Waals surface area contributed by atoms with Gasteiger partial charge in [0.2, 0.25) is 11.8 Å². The maximum absolute atomic E-state index is 15.2. The molecule has 0 bridgehead atoms. The van der Waals surface area contributed by atoms with E-state index in [0.717, 1.165) is 45.2 Å². The predicted molar refractivity (Wildman–Crippen MR) is 170 cm³/mol. The molecular formula is C34H35F2N5O5. The molecule has 1 saturated carbocycles. The van der Waals surface area contributed by atoms with E-state index in [1.54, 1.807) is 31.5 Å². The summed E-state index contributed by atoms with van der Waals surface area (Å²) in [5, 5.41) is 9.25. The van der Waals surface area contributed by atoms with Crippen molar-refractivity contribution in [2.45, 2.75) is 19.3 Å². The summed E-state index contributed by atoms with van der Waals surface area (Å²) < 4.78 is 46.0. The van der Waals surface area contributed by atoms with Crippen molar-refractivity contribution in [3.05, 3.63) is 78.5 Å². The highest BCUT2D eigenvalue weighted by atomic mass is 19.1. The van der Waals surface area contributed by atoms with Gasteiger partial charge in [-0.1, -0.05) is 0 Å². The first-order valence-electron chi connectivity index (χ1n) is 15.2. The zero-order valence-electron chi connectivity index (χ0n) is 25.4. The van der Waals surface area contributed by atoms with Crippen LogP contribution < -0.4 is 30.2 Å². The average Bonchev–Trinajstić information content (AvgIpc) is 3.88. The molecule has 2 heterocycles. The van der Waals surface area contributed by atoms with Crippen LogP contribution in [0.1, 0.15) is 19.3 Å². The van der Waals surface area contributed by atoms with Gasteiger partial charge < -0.3 is 35.1 Å². The Bertz CT molecular complexity index is 1730. The number of halogens is 2. The van der Waals surface area contributed by atoms with Crippen molar-refractivity contribution >= 4 is 34.1 Å². The van der Waals surface area contributed by atoms with Crippen molar-refractivity contribution in [3.8, 4) is 23.0 Å². The lowest BCUT2D eigenvalue weighted by Crippen LogP contribution is -2.43.